The van der Waals surface area contributed by atoms with Crippen LogP contribution in [-0.2, 0) is 0 Å². The number of ether oxygens (including phenoxy) is 1. The topological polar surface area (TPSA) is 149 Å². The van der Waals surface area contributed by atoms with E-state index in [1.165, 1.54) is 36.7 Å². The summed E-state index contributed by atoms with van der Waals surface area (Å²) in [6, 6.07) is 6.94. The lowest BCUT2D eigenvalue weighted by Crippen LogP contribution is -2.37. The van der Waals surface area contributed by atoms with Gasteiger partial charge in [0.1, 0.15) is 23.6 Å². The van der Waals surface area contributed by atoms with Gasteiger partial charge >= 0.3 is 6.01 Å². The molecule has 0 radical (unpaired) electrons. The molecule has 0 saturated carbocycles. The number of azide groups is 1. The van der Waals surface area contributed by atoms with E-state index in [-0.39, 0.29) is 39.4 Å². The molecule has 5 rings (SSSR count). The summed E-state index contributed by atoms with van der Waals surface area (Å²) in [4.78, 5) is 22.5. The smallest absolute Gasteiger partial charge is 0.316 e. The van der Waals surface area contributed by atoms with E-state index in [2.05, 4.69) is 40.2 Å². The number of aromatic nitrogens is 4. The van der Waals surface area contributed by atoms with Crippen molar-refractivity contribution >= 4 is 28.3 Å². The first-order valence-electron chi connectivity index (χ1n) is 13.6. The number of aryl methyl sites for hydroxylation is 1. The molecular weight excluding hydrogens is 578 g/mol. The zero-order chi connectivity index (χ0) is 30.5. The predicted octanol–water partition coefficient (Wildman–Crippen LogP) is 6.53. The minimum atomic E-state index is -0.630. The number of nitrogens with zero attached hydrogens (tertiary/aromatic N) is 9. The average molecular weight is 605 g/mol. The molecule has 220 valence electrons. The van der Waals surface area contributed by atoms with E-state index in [9.17, 15) is 9.65 Å². The first-order valence-corrected chi connectivity index (χ1v) is 14.0. The maximum atomic E-state index is 15.3. The summed E-state index contributed by atoms with van der Waals surface area (Å²) >= 11 is 6.62. The molecule has 0 amide bonds. The Labute approximate surface area is 251 Å². The summed E-state index contributed by atoms with van der Waals surface area (Å²) < 4.78 is 35.6. The third-order valence-corrected chi connectivity index (χ3v) is 7.75. The lowest BCUT2D eigenvalue weighted by Gasteiger charge is -2.29. The Kier molecular flexibility index (Phi) is 9.11. The van der Waals surface area contributed by atoms with Crippen LogP contribution in [0, 0.1) is 29.9 Å². The van der Waals surface area contributed by atoms with Gasteiger partial charge in [0.05, 0.1) is 39.6 Å². The number of piperidine rings is 1. The summed E-state index contributed by atoms with van der Waals surface area (Å²) in [5, 5.41) is 16.5. The zero-order valence-corrected chi connectivity index (χ0v) is 24.2. The van der Waals surface area contributed by atoms with Gasteiger partial charge in [-0.3, -0.25) is 4.90 Å². The molecule has 0 aliphatic carbocycles. The Balaban J connectivity index is 1.35. The number of fused-ring (bicyclic) bond motifs is 1. The fourth-order valence-corrected chi connectivity index (χ4v) is 5.13. The molecule has 11 nitrogen and oxygen atoms in total. The highest BCUT2D eigenvalue weighted by atomic mass is 35.5. The van der Waals surface area contributed by atoms with Crippen LogP contribution < -0.4 is 10.1 Å². The molecule has 3 aromatic heterocycles. The number of rotatable bonds is 9. The van der Waals surface area contributed by atoms with Crippen molar-refractivity contribution < 1.29 is 13.5 Å². The number of nitriles is 1. The molecule has 1 aliphatic heterocycles. The van der Waals surface area contributed by atoms with E-state index in [4.69, 9.17) is 21.9 Å². The minimum Gasteiger partial charge on any atom is -0.462 e. The van der Waals surface area contributed by atoms with Crippen molar-refractivity contribution in [3.8, 4) is 23.3 Å². The molecule has 1 aliphatic rings. The standard InChI is InChI=1S/C29H27ClF2N10O/c1-16(21-11-18(13-33)3-4-22(21)31)38-28-25(30)17(2)37-24-12-23(32)26(39-27(24)28)19-14-35-29(36-15-19)43-10-9-42-7-5-20(6-8-42)40-41-34/h3-4,11-12,14-16,20H,5-10H2,1-2H3,(H,37,38)/t16-/m1/s1. The largest absolute Gasteiger partial charge is 0.462 e. The second-order valence-electron chi connectivity index (χ2n) is 10.2. The van der Waals surface area contributed by atoms with E-state index in [1.807, 2.05) is 6.07 Å². The molecule has 14 heteroatoms. The highest BCUT2D eigenvalue weighted by Crippen LogP contribution is 2.36. The Morgan fingerprint density at radius 1 is 1.21 bits per heavy atom. The van der Waals surface area contributed by atoms with Crippen LogP contribution in [0.3, 0.4) is 0 Å². The summed E-state index contributed by atoms with van der Waals surface area (Å²) in [6.45, 7) is 6.06. The lowest BCUT2D eigenvalue weighted by molar-refractivity contribution is 0.169. The van der Waals surface area contributed by atoms with E-state index in [1.54, 1.807) is 13.8 Å². The number of pyridine rings is 2. The molecule has 0 spiro atoms. The quantitative estimate of drug-likeness (QED) is 0.129. The van der Waals surface area contributed by atoms with E-state index in [0.717, 1.165) is 25.9 Å². The monoisotopic (exact) mass is 604 g/mol. The molecule has 0 bridgehead atoms. The third kappa shape index (κ3) is 6.73. The number of halogens is 3. The Morgan fingerprint density at radius 2 is 1.95 bits per heavy atom. The lowest BCUT2D eigenvalue weighted by atomic mass is 10.0. The molecule has 1 aromatic carbocycles. The predicted molar refractivity (Wildman–Crippen MR) is 158 cm³/mol. The summed E-state index contributed by atoms with van der Waals surface area (Å²) in [6.07, 6.45) is 4.46. The fraction of sp³-hybridized carbons (Fsp3) is 0.345. The second-order valence-corrected chi connectivity index (χ2v) is 10.5. The Hall–Kier alpha value is -4.63. The number of anilines is 1. The molecule has 0 unspecified atom stereocenters. The third-order valence-electron chi connectivity index (χ3n) is 7.28. The van der Waals surface area contributed by atoms with Crippen molar-refractivity contribution in [3.05, 3.63) is 80.6 Å². The first-order chi connectivity index (χ1) is 20.8. The normalized spacial score (nSPS) is 14.6. The van der Waals surface area contributed by atoms with Gasteiger partial charge in [0.25, 0.3) is 0 Å². The molecule has 1 N–H and O–H groups in total. The summed E-state index contributed by atoms with van der Waals surface area (Å²) in [7, 11) is 0. The van der Waals surface area contributed by atoms with Crippen LogP contribution in [0.5, 0.6) is 6.01 Å². The summed E-state index contributed by atoms with van der Waals surface area (Å²) in [5.74, 6) is -1.12. The van der Waals surface area contributed by atoms with Gasteiger partial charge in [-0.2, -0.15) is 5.26 Å². The first kappa shape index (κ1) is 29.8. The van der Waals surface area contributed by atoms with Crippen molar-refractivity contribution in [2.24, 2.45) is 5.11 Å². The van der Waals surface area contributed by atoms with Gasteiger partial charge in [-0.1, -0.05) is 16.7 Å². The molecule has 43 heavy (non-hydrogen) atoms. The molecule has 1 fully saturated rings. The number of likely N-dealkylation sites (tertiary alicyclic amines) is 1. The molecule has 1 atom stereocenters. The SMILES string of the molecule is Cc1nc2cc(F)c(-c3cnc(OCCN4CCC(N=[N+]=[N-])CC4)nc3)nc2c(N[C@H](C)c2cc(C#N)ccc2F)c1Cl. The maximum Gasteiger partial charge on any atom is 0.316 e. The van der Waals surface area contributed by atoms with Crippen LogP contribution in [0.15, 0.2) is 41.8 Å². The van der Waals surface area contributed by atoms with Gasteiger partial charge in [-0.05, 0) is 63.5 Å². The number of hydrogen-bond acceptors (Lipinski definition) is 9. The van der Waals surface area contributed by atoms with Gasteiger partial charge < -0.3 is 10.1 Å². The maximum absolute atomic E-state index is 15.3. The van der Waals surface area contributed by atoms with Crippen molar-refractivity contribution in [1.82, 2.24) is 24.8 Å². The van der Waals surface area contributed by atoms with E-state index in [0.29, 0.717) is 35.7 Å². The average Bonchev–Trinajstić information content (AvgIpc) is 3.01. The van der Waals surface area contributed by atoms with Gasteiger partial charge in [0.15, 0.2) is 5.82 Å². The van der Waals surface area contributed by atoms with Crippen LogP contribution in [-0.4, -0.2) is 57.1 Å². The van der Waals surface area contributed by atoms with Gasteiger partial charge in [0, 0.05) is 47.1 Å². The highest BCUT2D eigenvalue weighted by Gasteiger charge is 2.21. The van der Waals surface area contributed by atoms with Crippen LogP contribution in [0.25, 0.3) is 32.7 Å². The van der Waals surface area contributed by atoms with Crippen LogP contribution in [0.4, 0.5) is 14.5 Å². The van der Waals surface area contributed by atoms with Crippen LogP contribution in [0.1, 0.15) is 42.6 Å². The summed E-state index contributed by atoms with van der Waals surface area (Å²) in [5.41, 5.74) is 10.8. The Morgan fingerprint density at radius 3 is 2.65 bits per heavy atom. The van der Waals surface area contributed by atoms with Crippen LogP contribution in [0.2, 0.25) is 5.02 Å². The van der Waals surface area contributed by atoms with Crippen molar-refractivity contribution in [2.45, 2.75) is 38.8 Å². The number of nitrogens with one attached hydrogen (secondary N) is 1. The van der Waals surface area contributed by atoms with E-state index < -0.39 is 17.7 Å². The van der Waals surface area contributed by atoms with Crippen molar-refractivity contribution in [2.75, 3.05) is 31.6 Å². The number of benzene rings is 1. The molecule has 4 aromatic rings. The zero-order valence-electron chi connectivity index (χ0n) is 23.4. The van der Waals surface area contributed by atoms with Crippen molar-refractivity contribution in [3.63, 3.8) is 0 Å². The highest BCUT2D eigenvalue weighted by molar-refractivity contribution is 6.35. The van der Waals surface area contributed by atoms with Crippen LogP contribution >= 0.6 is 11.6 Å². The molecule has 1 saturated heterocycles. The number of hydrogen-bond donors (Lipinski definition) is 1. The van der Waals surface area contributed by atoms with Gasteiger partial charge in [0.2, 0.25) is 0 Å². The molecular formula is C29H27ClF2N10O. The molecule has 4 heterocycles. The second kappa shape index (κ2) is 13.1. The fourth-order valence-electron chi connectivity index (χ4n) is 4.95. The minimum absolute atomic E-state index is 0.0166. The van der Waals surface area contributed by atoms with Gasteiger partial charge in [-0.25, -0.2) is 28.7 Å². The Bertz CT molecular complexity index is 1730. The van der Waals surface area contributed by atoms with Crippen molar-refractivity contribution in [1.29, 1.82) is 5.26 Å². The van der Waals surface area contributed by atoms with E-state index >= 15 is 4.39 Å². The van der Waals surface area contributed by atoms with Gasteiger partial charge in [-0.15, -0.1) is 0 Å².